The Balaban J connectivity index is 0.00000136. The third-order valence-corrected chi connectivity index (χ3v) is 6.67. The summed E-state index contributed by atoms with van der Waals surface area (Å²) < 4.78 is -0.216. The van der Waals surface area contributed by atoms with Crippen LogP contribution in [0.5, 0.6) is 0 Å². The van der Waals surface area contributed by atoms with Crippen molar-refractivity contribution in [3.8, 4) is 0 Å². The molecule has 1 aliphatic rings. The van der Waals surface area contributed by atoms with Crippen LogP contribution < -0.4 is 37.2 Å². The molecule has 0 unspecified atom stereocenters. The topological polar surface area (TPSA) is 0 Å². The van der Waals surface area contributed by atoms with E-state index in [4.69, 9.17) is 0 Å². The standard InChI is InChI=1S/C30H23.3ClH.V/c1-22-27(23-14-6-2-7-15-23)29(25-18-10-4-11-19-25)30(26-20-12-5-13-21-26)28(22)24-16-8-3-9-17-24;;;;/h2-21H,1H3;3*1H;/q;;;;+3/p-3. The van der Waals surface area contributed by atoms with E-state index in [1.165, 1.54) is 44.5 Å². The van der Waals surface area contributed by atoms with Gasteiger partial charge in [-0.1, -0.05) is 0 Å². The smallest absolute Gasteiger partial charge is 1.00 e. The van der Waals surface area contributed by atoms with Crippen molar-refractivity contribution in [2.75, 3.05) is 0 Å². The summed E-state index contributed by atoms with van der Waals surface area (Å²) in [5, 5.41) is 0. The van der Waals surface area contributed by atoms with E-state index in [1.54, 1.807) is 0 Å². The molecule has 0 spiro atoms. The first kappa shape index (κ1) is 28.1. The second kappa shape index (κ2) is 12.0. The molecule has 0 bridgehead atoms. The van der Waals surface area contributed by atoms with Crippen LogP contribution in [0.15, 0.2) is 121 Å². The monoisotopic (exact) mass is 539 g/mol. The van der Waals surface area contributed by atoms with Crippen molar-refractivity contribution in [2.24, 2.45) is 0 Å². The van der Waals surface area contributed by atoms with Gasteiger partial charge < -0.3 is 37.2 Å². The minimum absolute atomic E-state index is 0. The predicted octanol–water partition coefficient (Wildman–Crippen LogP) is -1.04. The molecule has 1 aliphatic carbocycles. The summed E-state index contributed by atoms with van der Waals surface area (Å²) in [7, 11) is 0. The van der Waals surface area contributed by atoms with Gasteiger partial charge in [0.05, 0.1) is 0 Å². The molecule has 0 nitrogen and oxygen atoms in total. The van der Waals surface area contributed by atoms with Gasteiger partial charge in [0, 0.05) is 0 Å². The first-order valence-electron chi connectivity index (χ1n) is 10.6. The second-order valence-corrected chi connectivity index (χ2v) is 9.43. The van der Waals surface area contributed by atoms with Gasteiger partial charge in [0.15, 0.2) is 0 Å². The summed E-state index contributed by atoms with van der Waals surface area (Å²) in [5.74, 6) is 0. The Morgan fingerprint density at radius 3 is 0.912 bits per heavy atom. The first-order valence-corrected chi connectivity index (χ1v) is 11.3. The molecule has 4 heteroatoms. The molecule has 0 saturated heterocycles. The minimum Gasteiger partial charge on any atom is -1.00 e. The Morgan fingerprint density at radius 1 is 0.412 bits per heavy atom. The molecular formula is C30H23Cl3V. The van der Waals surface area contributed by atoms with Crippen LogP contribution in [0, 0.1) is 0 Å². The molecule has 0 fully saturated rings. The molecule has 0 radical (unpaired) electrons. The molecule has 4 aromatic carbocycles. The molecule has 0 amide bonds. The van der Waals surface area contributed by atoms with Crippen LogP contribution >= 0.6 is 0 Å². The third-order valence-electron chi connectivity index (χ3n) is 5.97. The van der Waals surface area contributed by atoms with Gasteiger partial charge in [-0.05, 0) is 0 Å². The van der Waals surface area contributed by atoms with Crippen LogP contribution in [0.1, 0.15) is 29.2 Å². The van der Waals surface area contributed by atoms with Crippen LogP contribution in [0.4, 0.5) is 0 Å². The Morgan fingerprint density at radius 2 is 0.647 bits per heavy atom. The van der Waals surface area contributed by atoms with Gasteiger partial charge >= 0.3 is 194 Å². The minimum atomic E-state index is -0.216. The molecule has 0 saturated carbocycles. The molecule has 5 rings (SSSR count). The average Bonchev–Trinajstić information content (AvgIpc) is 3.08. The van der Waals surface area contributed by atoms with Crippen LogP contribution in [0.25, 0.3) is 22.3 Å². The van der Waals surface area contributed by atoms with E-state index in [1.807, 2.05) is 0 Å². The number of benzene rings is 4. The summed E-state index contributed by atoms with van der Waals surface area (Å²) in [6.07, 6.45) is 0. The third kappa shape index (κ3) is 5.08. The van der Waals surface area contributed by atoms with E-state index in [9.17, 15) is 0 Å². The van der Waals surface area contributed by atoms with Crippen molar-refractivity contribution >= 4 is 22.3 Å². The molecule has 0 aliphatic heterocycles. The number of halogens is 3. The maximum Gasteiger partial charge on any atom is -1.00 e. The fourth-order valence-electron chi connectivity index (χ4n) is 4.71. The zero-order valence-electron chi connectivity index (χ0n) is 18.6. The van der Waals surface area contributed by atoms with Gasteiger partial charge in [-0.2, -0.15) is 0 Å². The Labute approximate surface area is 230 Å². The Hall–Kier alpha value is -2.19. The summed E-state index contributed by atoms with van der Waals surface area (Å²) in [6, 6.07) is 43.3. The van der Waals surface area contributed by atoms with E-state index in [0.717, 1.165) is 0 Å². The maximum absolute atomic E-state index is 2.98. The van der Waals surface area contributed by atoms with Gasteiger partial charge in [0.1, 0.15) is 0 Å². The molecule has 0 N–H and O–H groups in total. The van der Waals surface area contributed by atoms with Crippen molar-refractivity contribution in [3.05, 3.63) is 144 Å². The normalized spacial score (nSPS) is 14.1. The largest absolute Gasteiger partial charge is 1.00 e. The van der Waals surface area contributed by atoms with Crippen molar-refractivity contribution in [1.82, 2.24) is 0 Å². The summed E-state index contributed by atoms with van der Waals surface area (Å²) in [4.78, 5) is 0. The summed E-state index contributed by atoms with van der Waals surface area (Å²) in [5.41, 5.74) is 10.4. The number of allylic oxidation sites excluding steroid dienone is 4. The van der Waals surface area contributed by atoms with Crippen molar-refractivity contribution < 1.29 is 54.6 Å². The zero-order valence-corrected chi connectivity index (χ0v) is 22.3. The van der Waals surface area contributed by atoms with Crippen molar-refractivity contribution in [1.29, 1.82) is 0 Å². The van der Waals surface area contributed by atoms with Gasteiger partial charge in [0.2, 0.25) is 0 Å². The SMILES string of the molecule is C[C]1([V+3])C(c2ccccc2)=C(c2ccccc2)C(c2ccccc2)=C1c1ccccc1.[Cl-].[Cl-].[Cl-]. The zero-order chi connectivity index (χ0) is 21.3. The van der Waals surface area contributed by atoms with Crippen LogP contribution in [-0.2, 0) is 17.4 Å². The van der Waals surface area contributed by atoms with Crippen LogP contribution in [0.2, 0.25) is 4.13 Å². The molecule has 169 valence electrons. The van der Waals surface area contributed by atoms with E-state index < -0.39 is 0 Å². The summed E-state index contributed by atoms with van der Waals surface area (Å²) in [6.45, 7) is 2.34. The molecule has 0 aromatic heterocycles. The second-order valence-electron chi connectivity index (χ2n) is 8.04. The quantitative estimate of drug-likeness (QED) is 0.310. The fraction of sp³-hybridized carbons (Fsp3) is 0.0667. The van der Waals surface area contributed by atoms with Gasteiger partial charge in [0.25, 0.3) is 0 Å². The molecular weight excluding hydrogens is 518 g/mol. The Kier molecular flexibility index (Phi) is 9.89. The van der Waals surface area contributed by atoms with Crippen molar-refractivity contribution in [3.63, 3.8) is 0 Å². The molecule has 0 heterocycles. The fourth-order valence-corrected chi connectivity index (χ4v) is 5.46. The van der Waals surface area contributed by atoms with E-state index >= 15 is 0 Å². The van der Waals surface area contributed by atoms with E-state index in [0.29, 0.717) is 0 Å². The van der Waals surface area contributed by atoms with Crippen molar-refractivity contribution in [2.45, 2.75) is 11.1 Å². The summed E-state index contributed by atoms with van der Waals surface area (Å²) >= 11 is 2.98. The first-order chi connectivity index (χ1) is 15.2. The molecule has 4 aromatic rings. The number of rotatable bonds is 4. The molecule has 0 atom stereocenters. The number of hydrogen-bond acceptors (Lipinski definition) is 0. The molecule has 34 heavy (non-hydrogen) atoms. The number of hydrogen-bond donors (Lipinski definition) is 0. The maximum atomic E-state index is 2.98. The Bertz CT molecular complexity index is 1160. The van der Waals surface area contributed by atoms with Crippen LogP contribution in [-0.4, -0.2) is 0 Å². The predicted molar refractivity (Wildman–Crippen MR) is 128 cm³/mol. The average molecular weight is 541 g/mol. The van der Waals surface area contributed by atoms with E-state index in [-0.39, 0.29) is 41.3 Å². The van der Waals surface area contributed by atoms with Gasteiger partial charge in [-0.3, -0.25) is 0 Å². The van der Waals surface area contributed by atoms with Gasteiger partial charge in [-0.15, -0.1) is 0 Å². The van der Waals surface area contributed by atoms with E-state index in [2.05, 4.69) is 146 Å². The van der Waals surface area contributed by atoms with Crippen LogP contribution in [0.3, 0.4) is 0 Å². The van der Waals surface area contributed by atoms with Gasteiger partial charge in [-0.25, -0.2) is 0 Å².